The van der Waals surface area contributed by atoms with Crippen LogP contribution in [-0.4, -0.2) is 15.7 Å². The molecule has 0 aliphatic carbocycles. The quantitative estimate of drug-likeness (QED) is 0.863. The van der Waals surface area contributed by atoms with Gasteiger partial charge in [0.25, 0.3) is 0 Å². The lowest BCUT2D eigenvalue weighted by molar-refractivity contribution is -0.116. The van der Waals surface area contributed by atoms with Gasteiger partial charge in [-0.3, -0.25) is 9.48 Å². The van der Waals surface area contributed by atoms with E-state index in [1.54, 1.807) is 4.68 Å². The van der Waals surface area contributed by atoms with E-state index in [0.29, 0.717) is 6.42 Å². The van der Waals surface area contributed by atoms with Gasteiger partial charge in [-0.25, -0.2) is 0 Å². The summed E-state index contributed by atoms with van der Waals surface area (Å²) in [7, 11) is 1.85. The molecule has 1 aliphatic heterocycles. The monoisotopic (exact) mass is 327 g/mol. The Labute approximate surface area is 140 Å². The number of anilines is 1. The number of aromatic nitrogens is 2. The molecule has 2 heterocycles. The molecule has 1 amide bonds. The number of allylic oxidation sites excluding steroid dienone is 3. The molecule has 4 nitrogen and oxygen atoms in total. The molecule has 1 N–H and O–H groups in total. The zero-order valence-electron chi connectivity index (χ0n) is 13.1. The number of aryl methyl sites for hydroxylation is 2. The number of rotatable bonds is 3. The van der Waals surface area contributed by atoms with Crippen molar-refractivity contribution in [2.75, 3.05) is 5.32 Å². The maximum absolute atomic E-state index is 11.9. The second kappa shape index (κ2) is 6.42. The maximum Gasteiger partial charge on any atom is 0.226 e. The van der Waals surface area contributed by atoms with Crippen molar-refractivity contribution in [2.45, 2.75) is 19.3 Å². The van der Waals surface area contributed by atoms with E-state index < -0.39 is 0 Å². The van der Waals surface area contributed by atoms with Crippen LogP contribution in [0.3, 0.4) is 0 Å². The lowest BCUT2D eigenvalue weighted by Gasteiger charge is -2.20. The van der Waals surface area contributed by atoms with Crippen molar-refractivity contribution in [3.8, 4) is 0 Å². The van der Waals surface area contributed by atoms with Crippen molar-refractivity contribution in [3.63, 3.8) is 0 Å². The smallest absolute Gasteiger partial charge is 0.226 e. The number of amides is 1. The van der Waals surface area contributed by atoms with Gasteiger partial charge in [-0.05, 0) is 24.6 Å². The summed E-state index contributed by atoms with van der Waals surface area (Å²) in [5, 5.41) is 8.02. The molecule has 1 aromatic carbocycles. The summed E-state index contributed by atoms with van der Waals surface area (Å²) in [4.78, 5) is 11.9. The van der Waals surface area contributed by atoms with Crippen LogP contribution in [0, 0.1) is 6.92 Å². The summed E-state index contributed by atoms with van der Waals surface area (Å²) < 4.78 is 1.73. The molecule has 0 radical (unpaired) electrons. The molecule has 3 rings (SSSR count). The molecule has 1 aliphatic rings. The summed E-state index contributed by atoms with van der Waals surface area (Å²) >= 11 is 5.87. The molecule has 0 saturated heterocycles. The predicted molar refractivity (Wildman–Crippen MR) is 93.6 cm³/mol. The van der Waals surface area contributed by atoms with Crippen molar-refractivity contribution >= 4 is 29.4 Å². The molecule has 0 fully saturated rings. The molecule has 0 spiro atoms. The van der Waals surface area contributed by atoms with Crippen molar-refractivity contribution in [1.29, 1.82) is 0 Å². The van der Waals surface area contributed by atoms with Gasteiger partial charge in [0.05, 0.1) is 5.69 Å². The van der Waals surface area contributed by atoms with Gasteiger partial charge in [-0.1, -0.05) is 48.0 Å². The van der Waals surface area contributed by atoms with Crippen LogP contribution >= 0.6 is 11.6 Å². The van der Waals surface area contributed by atoms with E-state index in [1.165, 1.54) is 0 Å². The summed E-state index contributed by atoms with van der Waals surface area (Å²) in [6.07, 6.45) is 8.46. The minimum atomic E-state index is 0.0248. The number of benzene rings is 1. The fraction of sp³-hybridized carbons (Fsp3) is 0.222. The average Bonchev–Trinajstić information content (AvgIpc) is 2.80. The molecular formula is C18H18ClN3O. The van der Waals surface area contributed by atoms with Crippen molar-refractivity contribution in [2.24, 2.45) is 7.05 Å². The summed E-state index contributed by atoms with van der Waals surface area (Å²) in [6.45, 7) is 1.97. The normalized spacial score (nSPS) is 17.7. The van der Waals surface area contributed by atoms with Crippen molar-refractivity contribution in [1.82, 2.24) is 9.78 Å². The summed E-state index contributed by atoms with van der Waals surface area (Å²) in [6, 6.07) is 7.65. The van der Waals surface area contributed by atoms with Crippen LogP contribution in [0.4, 0.5) is 5.82 Å². The number of nitrogens with one attached hydrogen (secondary N) is 1. The van der Waals surface area contributed by atoms with Gasteiger partial charge in [0.1, 0.15) is 5.82 Å². The van der Waals surface area contributed by atoms with E-state index in [1.807, 2.05) is 56.5 Å². The van der Waals surface area contributed by atoms with Crippen LogP contribution in [0.1, 0.15) is 29.2 Å². The van der Waals surface area contributed by atoms with E-state index in [0.717, 1.165) is 27.7 Å². The highest BCUT2D eigenvalue weighted by Crippen LogP contribution is 2.35. The third-order valence-electron chi connectivity index (χ3n) is 3.92. The molecule has 1 atom stereocenters. The SMILES string of the molecule is Cc1nn(C)c2c1C(C=CC=Cc1ccc(Cl)cc1)CC(=O)N2. The number of hydrogen-bond acceptors (Lipinski definition) is 2. The first-order chi connectivity index (χ1) is 11.0. The third kappa shape index (κ3) is 3.37. The zero-order chi connectivity index (χ0) is 16.4. The first-order valence-corrected chi connectivity index (χ1v) is 7.86. The van der Waals surface area contributed by atoms with Gasteiger partial charge in [0, 0.05) is 30.0 Å². The Hall–Kier alpha value is -2.33. The van der Waals surface area contributed by atoms with Crippen LogP contribution in [-0.2, 0) is 11.8 Å². The first-order valence-electron chi connectivity index (χ1n) is 7.48. The number of carbonyl (C=O) groups excluding carboxylic acids is 1. The highest BCUT2D eigenvalue weighted by Gasteiger charge is 2.28. The standard InChI is InChI=1S/C18H18ClN3O/c1-12-17-14(11-16(23)20-18(17)22(2)21-12)6-4-3-5-13-7-9-15(19)10-8-13/h3-10,14H,11H2,1-2H3,(H,20,23). The lowest BCUT2D eigenvalue weighted by atomic mass is 9.91. The fourth-order valence-electron chi connectivity index (χ4n) is 2.85. The van der Waals surface area contributed by atoms with Gasteiger partial charge < -0.3 is 5.32 Å². The van der Waals surface area contributed by atoms with E-state index in [9.17, 15) is 4.79 Å². The van der Waals surface area contributed by atoms with Gasteiger partial charge >= 0.3 is 0 Å². The van der Waals surface area contributed by atoms with Crippen molar-refractivity contribution in [3.05, 3.63) is 64.3 Å². The Morgan fingerprint density at radius 1 is 1.30 bits per heavy atom. The molecule has 118 valence electrons. The number of fused-ring (bicyclic) bond motifs is 1. The van der Waals surface area contributed by atoms with Crippen LogP contribution in [0.25, 0.3) is 6.08 Å². The first kappa shape index (κ1) is 15.6. The van der Waals surface area contributed by atoms with Gasteiger partial charge in [-0.2, -0.15) is 5.10 Å². The highest BCUT2D eigenvalue weighted by atomic mass is 35.5. The molecule has 0 saturated carbocycles. The highest BCUT2D eigenvalue weighted by molar-refractivity contribution is 6.30. The van der Waals surface area contributed by atoms with Crippen LogP contribution in [0.2, 0.25) is 5.02 Å². The van der Waals surface area contributed by atoms with E-state index in [-0.39, 0.29) is 11.8 Å². The molecular weight excluding hydrogens is 310 g/mol. The number of hydrogen-bond donors (Lipinski definition) is 1. The average molecular weight is 328 g/mol. The molecule has 1 unspecified atom stereocenters. The Kier molecular flexibility index (Phi) is 4.35. The van der Waals surface area contributed by atoms with Crippen molar-refractivity contribution < 1.29 is 4.79 Å². The predicted octanol–water partition coefficient (Wildman–Crippen LogP) is 4.08. The third-order valence-corrected chi connectivity index (χ3v) is 4.17. The van der Waals surface area contributed by atoms with Gasteiger partial charge in [0.2, 0.25) is 5.91 Å². The Morgan fingerprint density at radius 3 is 2.78 bits per heavy atom. The topological polar surface area (TPSA) is 46.9 Å². The van der Waals surface area contributed by atoms with Gasteiger partial charge in [-0.15, -0.1) is 0 Å². The van der Waals surface area contributed by atoms with Crippen LogP contribution in [0.5, 0.6) is 0 Å². The van der Waals surface area contributed by atoms with E-state index in [2.05, 4.69) is 16.5 Å². The van der Waals surface area contributed by atoms with Gasteiger partial charge in [0.15, 0.2) is 0 Å². The fourth-order valence-corrected chi connectivity index (χ4v) is 2.98. The van der Waals surface area contributed by atoms with Crippen LogP contribution in [0.15, 0.2) is 42.5 Å². The van der Waals surface area contributed by atoms with Crippen LogP contribution < -0.4 is 5.32 Å². The van der Waals surface area contributed by atoms with E-state index in [4.69, 9.17) is 11.6 Å². The molecule has 23 heavy (non-hydrogen) atoms. The number of carbonyl (C=O) groups is 1. The Morgan fingerprint density at radius 2 is 2.04 bits per heavy atom. The second-order valence-corrected chi connectivity index (χ2v) is 6.06. The summed E-state index contributed by atoms with van der Waals surface area (Å²) in [5.41, 5.74) is 3.14. The molecule has 0 bridgehead atoms. The minimum Gasteiger partial charge on any atom is -0.311 e. The largest absolute Gasteiger partial charge is 0.311 e. The second-order valence-electron chi connectivity index (χ2n) is 5.63. The Balaban J connectivity index is 1.78. The lowest BCUT2D eigenvalue weighted by Crippen LogP contribution is -2.23. The molecule has 1 aromatic heterocycles. The zero-order valence-corrected chi connectivity index (χ0v) is 13.8. The number of halogens is 1. The van der Waals surface area contributed by atoms with E-state index >= 15 is 0 Å². The molecule has 2 aromatic rings. The summed E-state index contributed by atoms with van der Waals surface area (Å²) in [5.74, 6) is 0.884. The maximum atomic E-state index is 11.9. The molecule has 5 heteroatoms. The number of nitrogens with zero attached hydrogens (tertiary/aromatic N) is 2. The minimum absolute atomic E-state index is 0.0248. The Bertz CT molecular complexity index is 787.